The summed E-state index contributed by atoms with van der Waals surface area (Å²) in [5, 5.41) is 6.11. The maximum Gasteiger partial charge on any atom is 0.238 e. The van der Waals surface area contributed by atoms with Gasteiger partial charge < -0.3 is 5.32 Å². The van der Waals surface area contributed by atoms with Crippen LogP contribution in [0.2, 0.25) is 4.34 Å². The van der Waals surface area contributed by atoms with E-state index in [9.17, 15) is 18.0 Å². The van der Waals surface area contributed by atoms with Crippen molar-refractivity contribution in [2.45, 2.75) is 19.9 Å². The molecule has 1 amide bonds. The number of carbonyl (C=O) groups is 1. The van der Waals surface area contributed by atoms with Gasteiger partial charge in [0.2, 0.25) is 5.91 Å². The summed E-state index contributed by atoms with van der Waals surface area (Å²) in [6.07, 6.45) is 0.766. The average Bonchev–Trinajstić information content (AvgIpc) is 2.93. The molecule has 10 heteroatoms. The van der Waals surface area contributed by atoms with Gasteiger partial charge in [-0.2, -0.15) is 0 Å². The number of carbonyl (C=O) groups excluding carboxylic acids is 1. The van der Waals surface area contributed by atoms with Gasteiger partial charge in [-0.15, -0.1) is 5.10 Å². The molecule has 0 saturated carbocycles. The fourth-order valence-corrected chi connectivity index (χ4v) is 2.66. The number of aromatic nitrogens is 2. The van der Waals surface area contributed by atoms with E-state index in [1.807, 2.05) is 6.92 Å². The molecule has 1 N–H and O–H groups in total. The predicted octanol–water partition coefficient (Wildman–Crippen LogP) is 3.46. The number of rotatable bonds is 7. The normalized spacial score (nSPS) is 11.1. The Morgan fingerprint density at radius 1 is 1.33 bits per heavy atom. The Labute approximate surface area is 145 Å². The SMILES string of the molecule is CCCN(CC(=O)Nc1ccc(F)c(F)c1F)Cc1nnsc1Cl. The van der Waals surface area contributed by atoms with Gasteiger partial charge in [-0.1, -0.05) is 23.0 Å². The van der Waals surface area contributed by atoms with Crippen molar-refractivity contribution in [2.75, 3.05) is 18.4 Å². The maximum atomic E-state index is 13.6. The van der Waals surface area contributed by atoms with Gasteiger partial charge in [-0.05, 0) is 25.1 Å². The third-order valence-electron chi connectivity index (χ3n) is 3.10. The third-order valence-corrected chi connectivity index (χ3v) is 4.08. The highest BCUT2D eigenvalue weighted by atomic mass is 35.5. The first-order chi connectivity index (χ1) is 11.4. The summed E-state index contributed by atoms with van der Waals surface area (Å²) in [4.78, 5) is 13.8. The molecule has 0 saturated heterocycles. The van der Waals surface area contributed by atoms with Gasteiger partial charge in [0, 0.05) is 18.1 Å². The summed E-state index contributed by atoms with van der Waals surface area (Å²) in [5.41, 5.74) is 0.130. The minimum Gasteiger partial charge on any atom is -0.322 e. The summed E-state index contributed by atoms with van der Waals surface area (Å²) in [6.45, 7) is 2.72. The van der Waals surface area contributed by atoms with E-state index in [0.717, 1.165) is 30.1 Å². The van der Waals surface area contributed by atoms with Crippen LogP contribution < -0.4 is 5.32 Å². The minimum absolute atomic E-state index is 0.0832. The second-order valence-corrected chi connectivity index (χ2v) is 6.33. The van der Waals surface area contributed by atoms with E-state index < -0.39 is 29.0 Å². The Hall–Kier alpha value is -1.71. The van der Waals surface area contributed by atoms with Crippen LogP contribution in [-0.2, 0) is 11.3 Å². The largest absolute Gasteiger partial charge is 0.322 e. The van der Waals surface area contributed by atoms with E-state index in [-0.39, 0.29) is 6.54 Å². The quantitative estimate of drug-likeness (QED) is 0.750. The lowest BCUT2D eigenvalue weighted by Gasteiger charge is -2.20. The van der Waals surface area contributed by atoms with Crippen molar-refractivity contribution in [1.29, 1.82) is 0 Å². The van der Waals surface area contributed by atoms with Crippen molar-refractivity contribution < 1.29 is 18.0 Å². The number of halogens is 4. The molecule has 130 valence electrons. The van der Waals surface area contributed by atoms with Gasteiger partial charge in [-0.25, -0.2) is 13.2 Å². The van der Waals surface area contributed by atoms with Crippen LogP contribution in [0, 0.1) is 17.5 Å². The molecule has 2 aromatic rings. The first-order valence-corrected chi connectivity index (χ1v) is 8.20. The first-order valence-electron chi connectivity index (χ1n) is 7.04. The van der Waals surface area contributed by atoms with Gasteiger partial charge in [0.15, 0.2) is 17.5 Å². The maximum absolute atomic E-state index is 13.6. The Morgan fingerprint density at radius 2 is 2.08 bits per heavy atom. The van der Waals surface area contributed by atoms with Crippen molar-refractivity contribution in [2.24, 2.45) is 0 Å². The Morgan fingerprint density at radius 3 is 2.71 bits per heavy atom. The van der Waals surface area contributed by atoms with E-state index in [2.05, 4.69) is 14.9 Å². The molecule has 0 aliphatic carbocycles. The van der Waals surface area contributed by atoms with Gasteiger partial charge >= 0.3 is 0 Å². The van der Waals surface area contributed by atoms with Crippen LogP contribution in [0.4, 0.5) is 18.9 Å². The zero-order chi connectivity index (χ0) is 17.7. The Kier molecular flexibility index (Phi) is 6.52. The standard InChI is InChI=1S/C14H14ClF3N4OS/c1-2-5-22(6-10-14(15)24-21-20-10)7-11(23)19-9-4-3-8(16)12(17)13(9)18/h3-4H,2,5-7H2,1H3,(H,19,23). The molecule has 1 aromatic heterocycles. The number of hydrogen-bond acceptors (Lipinski definition) is 5. The second-order valence-electron chi connectivity index (χ2n) is 4.98. The van der Waals surface area contributed by atoms with Crippen molar-refractivity contribution >= 4 is 34.7 Å². The molecule has 5 nitrogen and oxygen atoms in total. The highest BCUT2D eigenvalue weighted by molar-refractivity contribution is 7.10. The van der Waals surface area contributed by atoms with Crippen LogP contribution in [0.25, 0.3) is 0 Å². The number of benzene rings is 1. The minimum atomic E-state index is -1.63. The van der Waals surface area contributed by atoms with Gasteiger partial charge in [-0.3, -0.25) is 9.69 Å². The molecule has 0 spiro atoms. The molecule has 0 unspecified atom stereocenters. The van der Waals surface area contributed by atoms with Crippen LogP contribution in [0.3, 0.4) is 0 Å². The molecule has 1 heterocycles. The molecule has 0 radical (unpaired) electrons. The summed E-state index contributed by atoms with van der Waals surface area (Å²) in [5.74, 6) is -4.94. The predicted molar refractivity (Wildman–Crippen MR) is 85.4 cm³/mol. The zero-order valence-electron chi connectivity index (χ0n) is 12.7. The highest BCUT2D eigenvalue weighted by Gasteiger charge is 2.18. The van der Waals surface area contributed by atoms with E-state index in [0.29, 0.717) is 23.1 Å². The summed E-state index contributed by atoms with van der Waals surface area (Å²) in [6, 6.07) is 1.72. The zero-order valence-corrected chi connectivity index (χ0v) is 14.2. The molecule has 0 bridgehead atoms. The Balaban J connectivity index is 2.03. The van der Waals surface area contributed by atoms with Gasteiger partial charge in [0.05, 0.1) is 12.2 Å². The van der Waals surface area contributed by atoms with Crippen LogP contribution in [0.15, 0.2) is 12.1 Å². The molecule has 1 aromatic carbocycles. The Bertz CT molecular complexity index is 728. The summed E-state index contributed by atoms with van der Waals surface area (Å²) < 4.78 is 43.8. The fraction of sp³-hybridized carbons (Fsp3) is 0.357. The molecule has 0 fully saturated rings. The van der Waals surface area contributed by atoms with Crippen molar-refractivity contribution in [3.05, 3.63) is 39.6 Å². The average molecular weight is 379 g/mol. The first kappa shape index (κ1) is 18.6. The molecule has 0 atom stereocenters. The molecule has 0 aliphatic heterocycles. The van der Waals surface area contributed by atoms with Gasteiger partial charge in [0.1, 0.15) is 10.0 Å². The third kappa shape index (κ3) is 4.65. The lowest BCUT2D eigenvalue weighted by atomic mass is 10.2. The highest BCUT2D eigenvalue weighted by Crippen LogP contribution is 2.21. The van der Waals surface area contributed by atoms with Crippen LogP contribution in [0.5, 0.6) is 0 Å². The monoisotopic (exact) mass is 378 g/mol. The van der Waals surface area contributed by atoms with Crippen LogP contribution >= 0.6 is 23.1 Å². The van der Waals surface area contributed by atoms with E-state index in [1.165, 1.54) is 0 Å². The molecular weight excluding hydrogens is 365 g/mol. The van der Waals surface area contributed by atoms with Crippen molar-refractivity contribution in [3.63, 3.8) is 0 Å². The van der Waals surface area contributed by atoms with Crippen LogP contribution in [0.1, 0.15) is 19.0 Å². The fourth-order valence-electron chi connectivity index (χ4n) is 2.05. The number of hydrogen-bond donors (Lipinski definition) is 1. The van der Waals surface area contributed by atoms with Crippen molar-refractivity contribution in [3.8, 4) is 0 Å². The number of amides is 1. The van der Waals surface area contributed by atoms with E-state index in [4.69, 9.17) is 11.6 Å². The lowest BCUT2D eigenvalue weighted by molar-refractivity contribution is -0.117. The molecule has 0 aliphatic rings. The smallest absolute Gasteiger partial charge is 0.238 e. The molecule has 2 rings (SSSR count). The van der Waals surface area contributed by atoms with Crippen LogP contribution in [-0.4, -0.2) is 33.5 Å². The topological polar surface area (TPSA) is 58.1 Å². The molecule has 24 heavy (non-hydrogen) atoms. The number of nitrogens with one attached hydrogen (secondary N) is 1. The summed E-state index contributed by atoms with van der Waals surface area (Å²) in [7, 11) is 0. The lowest BCUT2D eigenvalue weighted by Crippen LogP contribution is -2.34. The molecular formula is C14H14ClF3N4OS. The number of nitrogens with zero attached hydrogens (tertiary/aromatic N) is 3. The van der Waals surface area contributed by atoms with Crippen molar-refractivity contribution in [1.82, 2.24) is 14.5 Å². The second kappa shape index (κ2) is 8.41. The van der Waals surface area contributed by atoms with Gasteiger partial charge in [0.25, 0.3) is 0 Å². The number of anilines is 1. The van der Waals surface area contributed by atoms with E-state index >= 15 is 0 Å². The van der Waals surface area contributed by atoms with E-state index in [1.54, 1.807) is 4.90 Å². The summed E-state index contributed by atoms with van der Waals surface area (Å²) >= 11 is 6.98.